The van der Waals surface area contributed by atoms with E-state index in [4.69, 9.17) is 18.9 Å². The van der Waals surface area contributed by atoms with Crippen LogP contribution in [0.25, 0.3) is 0 Å². The van der Waals surface area contributed by atoms with Gasteiger partial charge in [0, 0.05) is 6.42 Å². The molecule has 0 aromatic rings. The number of carbonyl (C=O) groups excluding carboxylic acids is 1. The summed E-state index contributed by atoms with van der Waals surface area (Å²) >= 11 is 0. The lowest BCUT2D eigenvalue weighted by molar-refractivity contribution is -0.359. The van der Waals surface area contributed by atoms with E-state index in [9.17, 15) is 45.6 Å². The van der Waals surface area contributed by atoms with Crippen molar-refractivity contribution in [2.24, 2.45) is 0 Å². The lowest BCUT2D eigenvalue weighted by Gasteiger charge is -2.46. The standard InChI is InChI=1S/C76H143NO13/c1-3-5-7-9-11-13-15-17-19-21-23-25-27-28-29-30-31-32-33-34-35-36-37-38-40-42-44-46-48-50-52-54-56-58-60-68(81)77-64(63-87-75-73(86)71(84)74(67(62-79)89-75)90-76-72(85)70(83)69(82)66(61-78)88-76)65(80)59-57-55-53-51-49-47-45-43-41-39-26-24-22-20-18-16-14-12-10-8-6-4-2/h41,43,49,51,57,59,64-67,69-76,78-80,82-86H,3-40,42,44-48,50,52-56,58,60-63H2,1-2H3,(H,77,81)/b43-41+,51-49+,59-57+. The average molecular weight is 1280 g/mol. The minimum absolute atomic E-state index is 0.246. The van der Waals surface area contributed by atoms with Crippen LogP contribution in [0.4, 0.5) is 0 Å². The monoisotopic (exact) mass is 1280 g/mol. The molecule has 1 amide bonds. The SMILES string of the molecule is CCCCCCCCCCCCCC/C=C/CC/C=C/CC/C=C/C(O)C(COC1OC(CO)C(OC2OC(CO)C(O)C(O)C2O)C(O)C1O)NC(=O)CCCCCCCCCCCCCCCCCCCCCCCCCCCCCCCCCCCC. The topological polar surface area (TPSA) is 228 Å². The summed E-state index contributed by atoms with van der Waals surface area (Å²) in [7, 11) is 0. The molecule has 12 atom stereocenters. The van der Waals surface area contributed by atoms with E-state index in [0.29, 0.717) is 12.8 Å². The minimum atomic E-state index is -1.79. The zero-order valence-corrected chi connectivity index (χ0v) is 57.9. The number of hydrogen-bond donors (Lipinski definition) is 9. The second-order valence-electron chi connectivity index (χ2n) is 27.1. The molecule has 0 bridgehead atoms. The molecule has 9 N–H and O–H groups in total. The summed E-state index contributed by atoms with van der Waals surface area (Å²) in [6.45, 7) is 2.83. The number of amides is 1. The van der Waals surface area contributed by atoms with Gasteiger partial charge in [-0.05, 0) is 44.9 Å². The number of hydrogen-bond acceptors (Lipinski definition) is 13. The summed E-state index contributed by atoms with van der Waals surface area (Å²) in [5, 5.41) is 87.5. The number of ether oxygens (including phenoxy) is 4. The minimum Gasteiger partial charge on any atom is -0.394 e. The van der Waals surface area contributed by atoms with Crippen LogP contribution in [0.2, 0.25) is 0 Å². The first kappa shape index (κ1) is 84.3. The van der Waals surface area contributed by atoms with Crippen molar-refractivity contribution in [3.63, 3.8) is 0 Å². The van der Waals surface area contributed by atoms with E-state index in [2.05, 4.69) is 43.5 Å². The number of unbranched alkanes of at least 4 members (excludes halogenated alkanes) is 47. The van der Waals surface area contributed by atoms with Crippen molar-refractivity contribution in [1.29, 1.82) is 0 Å². The fraction of sp³-hybridized carbons (Fsp3) is 0.908. The van der Waals surface area contributed by atoms with Crippen molar-refractivity contribution >= 4 is 5.91 Å². The van der Waals surface area contributed by atoms with Gasteiger partial charge in [0.2, 0.25) is 5.91 Å². The highest BCUT2D eigenvalue weighted by Gasteiger charge is 2.51. The van der Waals surface area contributed by atoms with E-state index in [1.165, 1.54) is 270 Å². The Morgan fingerprint density at radius 1 is 0.389 bits per heavy atom. The van der Waals surface area contributed by atoms with Crippen LogP contribution in [0, 0.1) is 0 Å². The van der Waals surface area contributed by atoms with Crippen LogP contribution in [-0.4, -0.2) is 140 Å². The molecule has 90 heavy (non-hydrogen) atoms. The van der Waals surface area contributed by atoms with Crippen LogP contribution in [0.3, 0.4) is 0 Å². The summed E-state index contributed by atoms with van der Waals surface area (Å²) in [5.74, 6) is -0.246. The molecule has 0 aliphatic carbocycles. The predicted molar refractivity (Wildman–Crippen MR) is 369 cm³/mol. The van der Waals surface area contributed by atoms with Crippen molar-refractivity contribution in [3.8, 4) is 0 Å². The fourth-order valence-corrected chi connectivity index (χ4v) is 12.7. The molecule has 0 saturated carbocycles. The van der Waals surface area contributed by atoms with Gasteiger partial charge in [-0.25, -0.2) is 0 Å². The van der Waals surface area contributed by atoms with E-state index in [-0.39, 0.29) is 18.9 Å². The molecule has 14 heteroatoms. The van der Waals surface area contributed by atoms with Gasteiger partial charge in [0.1, 0.15) is 48.8 Å². The van der Waals surface area contributed by atoms with Gasteiger partial charge in [0.25, 0.3) is 0 Å². The third-order valence-electron chi connectivity index (χ3n) is 18.8. The second kappa shape index (κ2) is 60.8. The number of rotatable bonds is 64. The highest BCUT2D eigenvalue weighted by Crippen LogP contribution is 2.30. The van der Waals surface area contributed by atoms with Crippen molar-refractivity contribution in [3.05, 3.63) is 36.5 Å². The molecule has 530 valence electrons. The summed E-state index contributed by atoms with van der Waals surface area (Å²) in [6.07, 6.45) is 62.3. The highest BCUT2D eigenvalue weighted by atomic mass is 16.7. The quantitative estimate of drug-likeness (QED) is 0.0204. The lowest BCUT2D eigenvalue weighted by atomic mass is 9.97. The van der Waals surface area contributed by atoms with Crippen molar-refractivity contribution in [2.45, 2.75) is 421 Å². The van der Waals surface area contributed by atoms with Crippen molar-refractivity contribution < 1.29 is 64.6 Å². The van der Waals surface area contributed by atoms with Gasteiger partial charge < -0.3 is 65.1 Å². The molecule has 2 fully saturated rings. The van der Waals surface area contributed by atoms with Gasteiger partial charge in [-0.15, -0.1) is 0 Å². The first-order chi connectivity index (χ1) is 44.1. The summed E-state index contributed by atoms with van der Waals surface area (Å²) in [6, 6.07) is -0.937. The van der Waals surface area contributed by atoms with E-state index < -0.39 is 86.8 Å². The van der Waals surface area contributed by atoms with Gasteiger partial charge in [0.15, 0.2) is 12.6 Å². The Morgan fingerprint density at radius 3 is 1.09 bits per heavy atom. The Labute approximate surface area is 551 Å². The third kappa shape index (κ3) is 44.0. The number of allylic oxidation sites excluding steroid dienone is 5. The van der Waals surface area contributed by atoms with E-state index >= 15 is 0 Å². The predicted octanol–water partition coefficient (Wildman–Crippen LogP) is 16.5. The maximum atomic E-state index is 13.3. The van der Waals surface area contributed by atoms with Gasteiger partial charge >= 0.3 is 0 Å². The Balaban J connectivity index is 1.63. The number of aliphatic hydroxyl groups excluding tert-OH is 8. The molecular weight excluding hydrogens is 1130 g/mol. The van der Waals surface area contributed by atoms with Gasteiger partial charge in [-0.2, -0.15) is 0 Å². The Kier molecular flexibility index (Phi) is 57.0. The largest absolute Gasteiger partial charge is 0.394 e. The van der Waals surface area contributed by atoms with Crippen LogP contribution < -0.4 is 5.32 Å². The maximum absolute atomic E-state index is 13.3. The zero-order chi connectivity index (χ0) is 65.2. The number of carbonyl (C=O) groups is 1. The molecule has 2 aliphatic rings. The van der Waals surface area contributed by atoms with Gasteiger partial charge in [0.05, 0.1) is 32.0 Å². The Morgan fingerprint density at radius 2 is 0.711 bits per heavy atom. The summed E-state index contributed by atoms with van der Waals surface area (Å²) in [4.78, 5) is 13.3. The first-order valence-corrected chi connectivity index (χ1v) is 38.2. The number of aliphatic hydroxyl groups is 8. The molecule has 2 heterocycles. The van der Waals surface area contributed by atoms with Crippen LogP contribution >= 0.6 is 0 Å². The van der Waals surface area contributed by atoms with Crippen LogP contribution in [0.5, 0.6) is 0 Å². The molecule has 14 nitrogen and oxygen atoms in total. The Bertz CT molecular complexity index is 1650. The molecule has 2 aliphatic heterocycles. The van der Waals surface area contributed by atoms with Crippen LogP contribution in [0.15, 0.2) is 36.5 Å². The summed E-state index contributed by atoms with van der Waals surface area (Å²) in [5.41, 5.74) is 0. The maximum Gasteiger partial charge on any atom is 0.220 e. The van der Waals surface area contributed by atoms with E-state index in [0.717, 1.165) is 44.9 Å². The molecule has 0 aromatic carbocycles. The molecule has 2 rings (SSSR count). The fourth-order valence-electron chi connectivity index (χ4n) is 12.7. The highest BCUT2D eigenvalue weighted by molar-refractivity contribution is 5.76. The summed E-state index contributed by atoms with van der Waals surface area (Å²) < 4.78 is 22.9. The molecule has 12 unspecified atom stereocenters. The second-order valence-corrected chi connectivity index (χ2v) is 27.1. The van der Waals surface area contributed by atoms with Gasteiger partial charge in [-0.1, -0.05) is 333 Å². The normalized spacial score (nSPS) is 23.0. The molecule has 2 saturated heterocycles. The van der Waals surface area contributed by atoms with Gasteiger partial charge in [-0.3, -0.25) is 4.79 Å². The van der Waals surface area contributed by atoms with Crippen molar-refractivity contribution in [2.75, 3.05) is 19.8 Å². The zero-order valence-electron chi connectivity index (χ0n) is 57.9. The first-order valence-electron chi connectivity index (χ1n) is 38.2. The lowest BCUT2D eigenvalue weighted by Crippen LogP contribution is -2.65. The molecular formula is C76H143NO13. The molecule has 0 radical (unpaired) electrons. The van der Waals surface area contributed by atoms with Crippen LogP contribution in [0.1, 0.15) is 348 Å². The number of nitrogens with one attached hydrogen (secondary N) is 1. The smallest absolute Gasteiger partial charge is 0.220 e. The van der Waals surface area contributed by atoms with E-state index in [1.807, 2.05) is 6.08 Å². The van der Waals surface area contributed by atoms with Crippen molar-refractivity contribution in [1.82, 2.24) is 5.32 Å². The average Bonchev–Trinajstić information content (AvgIpc) is 1.42. The third-order valence-corrected chi connectivity index (χ3v) is 18.8. The van der Waals surface area contributed by atoms with E-state index in [1.54, 1.807) is 6.08 Å². The van der Waals surface area contributed by atoms with Crippen LogP contribution in [-0.2, 0) is 23.7 Å². The molecule has 0 spiro atoms. The molecule has 0 aromatic heterocycles. The Hall–Kier alpha value is -1.79.